The highest BCUT2D eigenvalue weighted by molar-refractivity contribution is 8.23. The van der Waals surface area contributed by atoms with Crippen molar-refractivity contribution in [3.8, 4) is 5.75 Å². The van der Waals surface area contributed by atoms with Crippen LogP contribution in [0.4, 0.5) is 0 Å². The maximum absolute atomic E-state index is 11.5. The van der Waals surface area contributed by atoms with E-state index in [0.29, 0.717) is 10.1 Å². The molecule has 6 heteroatoms. The van der Waals surface area contributed by atoms with Gasteiger partial charge >= 0.3 is 0 Å². The number of hydrogen-bond donors (Lipinski definition) is 0. The lowest BCUT2D eigenvalue weighted by Crippen LogP contribution is -2.22. The number of carbonyl (C=O) groups is 1. The second-order valence-electron chi connectivity index (χ2n) is 4.41. The van der Waals surface area contributed by atoms with Gasteiger partial charge in [0, 0.05) is 0 Å². The number of thioether (sulfide) groups is 1. The van der Waals surface area contributed by atoms with Crippen LogP contribution in [-0.4, -0.2) is 33.3 Å². The largest absolute Gasteiger partial charge is 0.491 e. The maximum Gasteiger partial charge on any atom is 0.259 e. The zero-order chi connectivity index (χ0) is 14.5. The average Bonchev–Trinajstić information content (AvgIpc) is 2.77. The molecule has 1 heterocycles. The third-order valence-electron chi connectivity index (χ3n) is 2.84. The van der Waals surface area contributed by atoms with Crippen LogP contribution in [0.2, 0.25) is 0 Å². The Hall–Kier alpha value is -1.40. The molecular weight excluding hydrogens is 292 g/mol. The van der Waals surface area contributed by atoms with Gasteiger partial charge in [-0.15, -0.1) is 0 Å². The van der Waals surface area contributed by atoms with E-state index >= 15 is 0 Å². The highest BCUT2D eigenvalue weighted by atomic mass is 32.2. The molecule has 1 saturated heterocycles. The smallest absolute Gasteiger partial charge is 0.259 e. The molecule has 1 aromatic carbocycles. The van der Waals surface area contributed by atoms with Gasteiger partial charge in [-0.25, -0.2) is 0 Å². The topological polar surface area (TPSA) is 41.9 Å². The first-order valence-electron chi connectivity index (χ1n) is 6.40. The molecule has 0 N–H and O–H groups in total. The van der Waals surface area contributed by atoms with E-state index in [1.807, 2.05) is 31.2 Å². The molecule has 0 aromatic heterocycles. The van der Waals surface area contributed by atoms with Crippen molar-refractivity contribution in [1.29, 1.82) is 0 Å². The van der Waals surface area contributed by atoms with Crippen molar-refractivity contribution in [1.82, 2.24) is 5.01 Å². The van der Waals surface area contributed by atoms with Crippen LogP contribution in [0, 0.1) is 0 Å². The fourth-order valence-electron chi connectivity index (χ4n) is 1.53. The van der Waals surface area contributed by atoms with Crippen LogP contribution in [-0.2, 0) is 4.79 Å². The quantitative estimate of drug-likeness (QED) is 0.619. The summed E-state index contributed by atoms with van der Waals surface area (Å²) >= 11 is 6.38. The van der Waals surface area contributed by atoms with Crippen LogP contribution in [0.25, 0.3) is 0 Å². The number of hydrazone groups is 1. The fourth-order valence-corrected chi connectivity index (χ4v) is 2.50. The third-order valence-corrected chi connectivity index (χ3v) is 4.18. The normalized spacial score (nSPS) is 17.0. The number of rotatable bonds is 5. The third kappa shape index (κ3) is 3.80. The van der Waals surface area contributed by atoms with Crippen molar-refractivity contribution in [2.24, 2.45) is 5.10 Å². The Morgan fingerprint density at radius 3 is 2.75 bits per heavy atom. The minimum atomic E-state index is -0.0759. The molecule has 2 rings (SSSR count). The summed E-state index contributed by atoms with van der Waals surface area (Å²) in [5.41, 5.74) is 0.897. The van der Waals surface area contributed by atoms with Gasteiger partial charge in [-0.3, -0.25) is 4.79 Å². The van der Waals surface area contributed by atoms with Gasteiger partial charge in [-0.1, -0.05) is 30.9 Å². The lowest BCUT2D eigenvalue weighted by Gasteiger charge is -2.12. The van der Waals surface area contributed by atoms with E-state index in [1.165, 1.54) is 16.8 Å². The molecule has 4 nitrogen and oxygen atoms in total. The summed E-state index contributed by atoms with van der Waals surface area (Å²) in [5, 5.41) is 5.39. The van der Waals surface area contributed by atoms with Gasteiger partial charge in [0.1, 0.15) is 5.75 Å². The van der Waals surface area contributed by atoms with Gasteiger partial charge in [-0.05, 0) is 43.2 Å². The number of ether oxygens (including phenoxy) is 1. The predicted octanol–water partition coefficient (Wildman–Crippen LogP) is 3.06. The van der Waals surface area contributed by atoms with E-state index < -0.39 is 0 Å². The van der Waals surface area contributed by atoms with Crippen LogP contribution >= 0.6 is 24.0 Å². The molecule has 1 aromatic rings. The number of nitrogens with zero attached hydrogens (tertiary/aromatic N) is 2. The van der Waals surface area contributed by atoms with Gasteiger partial charge in [0.25, 0.3) is 5.91 Å². The molecule has 106 valence electrons. The predicted molar refractivity (Wildman–Crippen MR) is 86.3 cm³/mol. The molecule has 0 bridgehead atoms. The van der Waals surface area contributed by atoms with Gasteiger partial charge in [0.15, 0.2) is 4.32 Å². The van der Waals surface area contributed by atoms with Crippen molar-refractivity contribution in [3.05, 3.63) is 29.8 Å². The SMILES string of the molecule is CC[C@@H](C)Oc1ccc(/C=N\N2C(=O)CSC2=S)cc1. The van der Waals surface area contributed by atoms with Crippen LogP contribution in [0.3, 0.4) is 0 Å². The summed E-state index contributed by atoms with van der Waals surface area (Å²) in [7, 11) is 0. The molecule has 1 atom stereocenters. The molecule has 1 aliphatic rings. The van der Waals surface area contributed by atoms with E-state index in [4.69, 9.17) is 17.0 Å². The van der Waals surface area contributed by atoms with Crippen LogP contribution < -0.4 is 4.74 Å². The molecule has 1 fully saturated rings. The Bertz CT molecular complexity index is 512. The lowest BCUT2D eigenvalue weighted by molar-refractivity contribution is -0.123. The van der Waals surface area contributed by atoms with Gasteiger partial charge in [0.05, 0.1) is 18.1 Å². The van der Waals surface area contributed by atoms with Crippen molar-refractivity contribution in [3.63, 3.8) is 0 Å². The number of amides is 1. The monoisotopic (exact) mass is 308 g/mol. The molecule has 0 radical (unpaired) electrons. The summed E-state index contributed by atoms with van der Waals surface area (Å²) in [6.07, 6.45) is 2.80. The molecule has 0 spiro atoms. The zero-order valence-electron chi connectivity index (χ0n) is 11.4. The molecule has 0 aliphatic carbocycles. The first kappa shape index (κ1) is 15.0. The van der Waals surface area contributed by atoms with Crippen molar-refractivity contribution in [2.75, 3.05) is 5.75 Å². The van der Waals surface area contributed by atoms with Crippen molar-refractivity contribution < 1.29 is 9.53 Å². The fraction of sp³-hybridized carbons (Fsp3) is 0.357. The molecule has 1 aliphatic heterocycles. The van der Waals surface area contributed by atoms with Crippen molar-refractivity contribution in [2.45, 2.75) is 26.4 Å². The Kier molecular flexibility index (Phi) is 5.14. The van der Waals surface area contributed by atoms with E-state index in [1.54, 1.807) is 6.21 Å². The standard InChI is InChI=1S/C14H16N2O2S2/c1-3-10(2)18-12-6-4-11(5-7-12)8-15-16-13(17)9-20-14(16)19/h4-8,10H,3,9H2,1-2H3/b15-8-/t10-/m1/s1. The first-order chi connectivity index (χ1) is 9.60. The Labute approximate surface area is 128 Å². The van der Waals surface area contributed by atoms with E-state index in [9.17, 15) is 4.79 Å². The van der Waals surface area contributed by atoms with Crippen LogP contribution in [0.15, 0.2) is 29.4 Å². The maximum atomic E-state index is 11.5. The summed E-state index contributed by atoms with van der Waals surface area (Å²) in [5.74, 6) is 1.13. The lowest BCUT2D eigenvalue weighted by atomic mass is 10.2. The number of benzene rings is 1. The first-order valence-corrected chi connectivity index (χ1v) is 7.80. The summed E-state index contributed by atoms with van der Waals surface area (Å²) < 4.78 is 6.20. The highest BCUT2D eigenvalue weighted by Crippen LogP contribution is 2.19. The summed E-state index contributed by atoms with van der Waals surface area (Å²) in [4.78, 5) is 11.5. The van der Waals surface area contributed by atoms with Gasteiger partial charge in [0.2, 0.25) is 0 Å². The number of hydrogen-bond acceptors (Lipinski definition) is 5. The molecular formula is C14H16N2O2S2. The summed E-state index contributed by atoms with van der Waals surface area (Å²) in [6.45, 7) is 4.12. The molecule has 0 saturated carbocycles. The van der Waals surface area contributed by atoms with E-state index in [2.05, 4.69) is 12.0 Å². The van der Waals surface area contributed by atoms with Gasteiger partial charge < -0.3 is 4.74 Å². The van der Waals surface area contributed by atoms with E-state index in [0.717, 1.165) is 17.7 Å². The van der Waals surface area contributed by atoms with Crippen molar-refractivity contribution >= 4 is 40.4 Å². The number of thiocarbonyl (C=S) groups is 1. The zero-order valence-corrected chi connectivity index (χ0v) is 13.0. The minimum absolute atomic E-state index is 0.0759. The minimum Gasteiger partial charge on any atom is -0.491 e. The molecule has 0 unspecified atom stereocenters. The van der Waals surface area contributed by atoms with Gasteiger partial charge in [-0.2, -0.15) is 10.1 Å². The van der Waals surface area contributed by atoms with Crippen LogP contribution in [0.1, 0.15) is 25.8 Å². The Morgan fingerprint density at radius 2 is 2.20 bits per heavy atom. The van der Waals surface area contributed by atoms with E-state index in [-0.39, 0.29) is 12.0 Å². The average molecular weight is 308 g/mol. The molecule has 20 heavy (non-hydrogen) atoms. The van der Waals surface area contributed by atoms with Crippen LogP contribution in [0.5, 0.6) is 5.75 Å². The Balaban J connectivity index is 2.00. The number of carbonyl (C=O) groups excluding carboxylic acids is 1. The molecule has 1 amide bonds. The highest BCUT2D eigenvalue weighted by Gasteiger charge is 2.25. The second kappa shape index (κ2) is 6.85. The summed E-state index contributed by atoms with van der Waals surface area (Å²) in [6, 6.07) is 7.59. The second-order valence-corrected chi connectivity index (χ2v) is 6.02. The Morgan fingerprint density at radius 1 is 1.50 bits per heavy atom.